The van der Waals surface area contributed by atoms with Gasteiger partial charge in [0, 0.05) is 0 Å². The molecule has 0 amide bonds. The van der Waals surface area contributed by atoms with E-state index in [0.717, 1.165) is 0 Å². The van der Waals surface area contributed by atoms with Crippen molar-refractivity contribution in [3.8, 4) is 0 Å². The van der Waals surface area contributed by atoms with Crippen molar-refractivity contribution >= 4 is 0 Å². The van der Waals surface area contributed by atoms with Crippen molar-refractivity contribution in [3.05, 3.63) is 15.3 Å². The summed E-state index contributed by atoms with van der Waals surface area (Å²) in [4.78, 5) is 8.25. The average Bonchev–Trinajstić information content (AvgIpc) is 0.811. The van der Waals surface area contributed by atoms with E-state index in [9.17, 15) is 0 Å². The Kier molecular flexibility index (Phi) is 24.4. The van der Waals surface area contributed by atoms with Gasteiger partial charge in [-0.05, 0) is 0 Å². The summed E-state index contributed by atoms with van der Waals surface area (Å²) in [6, 6.07) is 0. The molecular formula is NNaNiO3+2. The van der Waals surface area contributed by atoms with Crippen molar-refractivity contribution in [2.45, 2.75) is 0 Å². The Bertz CT molecular complexity index is 33.8. The first-order valence-electron chi connectivity index (χ1n) is 0.548. The Labute approximate surface area is 66.2 Å². The summed E-state index contributed by atoms with van der Waals surface area (Å²) < 4.78 is 0. The summed E-state index contributed by atoms with van der Waals surface area (Å²) in [5.41, 5.74) is 0. The van der Waals surface area contributed by atoms with Gasteiger partial charge in [0.1, 0.15) is 0 Å². The number of nitrogens with zero attached hydrogens (tertiary/aromatic N) is 1. The molecule has 0 radical (unpaired) electrons. The van der Waals surface area contributed by atoms with Crippen LogP contribution in [-0.4, -0.2) is 5.09 Å². The van der Waals surface area contributed by atoms with Crippen LogP contribution in [0.5, 0.6) is 0 Å². The van der Waals surface area contributed by atoms with Crippen LogP contribution >= 0.6 is 0 Å². The van der Waals surface area contributed by atoms with Gasteiger partial charge in [-0.3, -0.25) is 0 Å². The van der Waals surface area contributed by atoms with Crippen molar-refractivity contribution in [2.24, 2.45) is 0 Å². The zero-order chi connectivity index (χ0) is 3.58. The van der Waals surface area contributed by atoms with Gasteiger partial charge in [-0.15, -0.1) is 0 Å². The monoisotopic (exact) mass is 143 g/mol. The Hall–Kier alpha value is 0.694. The first-order chi connectivity index (χ1) is 1.73. The van der Waals surface area contributed by atoms with E-state index in [0.29, 0.717) is 0 Å². The van der Waals surface area contributed by atoms with Crippen molar-refractivity contribution in [1.29, 1.82) is 0 Å². The van der Waals surface area contributed by atoms with Crippen molar-refractivity contribution < 1.29 is 51.1 Å². The Morgan fingerprint density at radius 2 is 1.33 bits per heavy atom. The maximum atomic E-state index is 8.25. The van der Waals surface area contributed by atoms with Crippen LogP contribution in [0.4, 0.5) is 0 Å². The first-order valence-corrected chi connectivity index (χ1v) is 0.548. The number of hydrogen-bond acceptors (Lipinski definition) is 3. The van der Waals surface area contributed by atoms with Crippen LogP contribution in [0, 0.1) is 15.3 Å². The molecule has 0 aliphatic carbocycles. The third-order valence-electron chi connectivity index (χ3n) is 0. The van der Waals surface area contributed by atoms with E-state index in [2.05, 4.69) is 0 Å². The van der Waals surface area contributed by atoms with Crippen LogP contribution in [-0.2, 0) is 16.5 Å². The fraction of sp³-hybridized carbons (Fsp3) is 0. The topological polar surface area (TPSA) is 66.2 Å². The third-order valence-corrected chi connectivity index (χ3v) is 0. The molecule has 0 N–H and O–H groups in total. The van der Waals surface area contributed by atoms with Crippen molar-refractivity contribution in [2.75, 3.05) is 0 Å². The molecule has 6 heteroatoms. The van der Waals surface area contributed by atoms with Crippen LogP contribution in [0.1, 0.15) is 0 Å². The Morgan fingerprint density at radius 3 is 1.33 bits per heavy atom. The van der Waals surface area contributed by atoms with Gasteiger partial charge in [0.05, 0.1) is 5.09 Å². The second-order valence-corrected chi connectivity index (χ2v) is 0.224. The number of rotatable bonds is 0. The maximum absolute atomic E-state index is 8.25. The molecule has 0 unspecified atom stereocenters. The molecule has 6 heavy (non-hydrogen) atoms. The summed E-state index contributed by atoms with van der Waals surface area (Å²) in [6.45, 7) is 0. The van der Waals surface area contributed by atoms with Crippen LogP contribution in [0.25, 0.3) is 0 Å². The van der Waals surface area contributed by atoms with Crippen molar-refractivity contribution in [3.63, 3.8) is 0 Å². The van der Waals surface area contributed by atoms with Gasteiger partial charge in [-0.1, -0.05) is 0 Å². The standard InChI is InChI=1S/NO3.Na.Ni/c2-1(3)4;;/q-1;+1;+2. The van der Waals surface area contributed by atoms with Crippen LogP contribution < -0.4 is 29.6 Å². The minimum Gasteiger partial charge on any atom is -0.356 e. The quantitative estimate of drug-likeness (QED) is 0.204. The minimum absolute atomic E-state index is 0. The van der Waals surface area contributed by atoms with Gasteiger partial charge < -0.3 is 15.3 Å². The van der Waals surface area contributed by atoms with Gasteiger partial charge in [0.2, 0.25) is 0 Å². The summed E-state index contributed by atoms with van der Waals surface area (Å²) in [7, 11) is 0. The predicted molar refractivity (Wildman–Crippen MR) is 10.4 cm³/mol. The normalized spacial score (nSPS) is 4.00. The SMILES string of the molecule is O=[N+]([O-])[O-].[Na+].[Ni+2]. The van der Waals surface area contributed by atoms with E-state index in [1.54, 1.807) is 0 Å². The molecule has 0 saturated heterocycles. The molecule has 0 atom stereocenters. The molecule has 0 aromatic heterocycles. The molecule has 0 aliphatic heterocycles. The summed E-state index contributed by atoms with van der Waals surface area (Å²) in [6.07, 6.45) is 0. The first kappa shape index (κ1) is 15.9. The van der Waals surface area contributed by atoms with E-state index >= 15 is 0 Å². The second kappa shape index (κ2) is 9.19. The maximum Gasteiger partial charge on any atom is 2.00 e. The van der Waals surface area contributed by atoms with Crippen LogP contribution in [0.3, 0.4) is 0 Å². The van der Waals surface area contributed by atoms with Gasteiger partial charge in [0.25, 0.3) is 0 Å². The molecule has 0 aromatic carbocycles. The third kappa shape index (κ3) is 133. The van der Waals surface area contributed by atoms with Crippen LogP contribution in [0.15, 0.2) is 0 Å². The van der Waals surface area contributed by atoms with E-state index < -0.39 is 5.09 Å². The van der Waals surface area contributed by atoms with Gasteiger partial charge in [-0.25, -0.2) is 0 Å². The predicted octanol–water partition coefficient (Wildman–Crippen LogP) is -3.24. The molecule has 0 fully saturated rings. The van der Waals surface area contributed by atoms with E-state index in [1.807, 2.05) is 0 Å². The number of hydrogen-bond donors (Lipinski definition) is 0. The summed E-state index contributed by atoms with van der Waals surface area (Å²) in [5, 5.41) is 14.8. The molecule has 0 saturated carbocycles. The largest absolute Gasteiger partial charge is 2.00 e. The minimum atomic E-state index is -1.75. The zero-order valence-electron chi connectivity index (χ0n) is 2.99. The smallest absolute Gasteiger partial charge is 0.356 e. The molecule has 0 aliphatic rings. The second-order valence-electron chi connectivity index (χ2n) is 0.224. The van der Waals surface area contributed by atoms with Gasteiger partial charge >= 0.3 is 46.0 Å². The summed E-state index contributed by atoms with van der Waals surface area (Å²) in [5.74, 6) is 0. The molecule has 32 valence electrons. The average molecular weight is 144 g/mol. The fourth-order valence-corrected chi connectivity index (χ4v) is 0. The molecular weight excluding hydrogens is 144 g/mol. The molecule has 0 bridgehead atoms. The van der Waals surface area contributed by atoms with Crippen molar-refractivity contribution in [1.82, 2.24) is 0 Å². The molecule has 0 heterocycles. The van der Waals surface area contributed by atoms with Gasteiger partial charge in [-0.2, -0.15) is 0 Å². The van der Waals surface area contributed by atoms with E-state index in [1.165, 1.54) is 0 Å². The fourth-order valence-electron chi connectivity index (χ4n) is 0. The molecule has 4 nitrogen and oxygen atoms in total. The van der Waals surface area contributed by atoms with E-state index in [4.69, 9.17) is 15.3 Å². The molecule has 0 rings (SSSR count). The Morgan fingerprint density at radius 1 is 1.33 bits per heavy atom. The van der Waals surface area contributed by atoms with Gasteiger partial charge in [0.15, 0.2) is 0 Å². The van der Waals surface area contributed by atoms with E-state index in [-0.39, 0.29) is 46.0 Å². The van der Waals surface area contributed by atoms with Crippen LogP contribution in [0.2, 0.25) is 0 Å². The summed E-state index contributed by atoms with van der Waals surface area (Å²) >= 11 is 0. The zero-order valence-corrected chi connectivity index (χ0v) is 5.98. The molecule has 0 aromatic rings. The Balaban J connectivity index is -0.0000000450. The molecule has 0 spiro atoms.